The maximum atomic E-state index is 12.1. The molecule has 5 nitrogen and oxygen atoms in total. The zero-order valence-electron chi connectivity index (χ0n) is 12.6. The molecule has 1 aromatic heterocycles. The number of halogens is 1. The molecule has 2 rings (SSSR count). The van der Waals surface area contributed by atoms with Crippen molar-refractivity contribution in [2.24, 2.45) is 0 Å². The highest BCUT2D eigenvalue weighted by atomic mass is 35.5. The van der Waals surface area contributed by atoms with Crippen molar-refractivity contribution in [1.29, 1.82) is 0 Å². The molecule has 0 saturated carbocycles. The molecular formula is C15H17ClN2O3S. The van der Waals surface area contributed by atoms with Crippen molar-refractivity contribution in [3.63, 3.8) is 0 Å². The van der Waals surface area contributed by atoms with Crippen molar-refractivity contribution in [3.8, 4) is 5.75 Å². The molecular weight excluding hydrogens is 324 g/mol. The summed E-state index contributed by atoms with van der Waals surface area (Å²) in [7, 11) is 1.61. The van der Waals surface area contributed by atoms with Crippen molar-refractivity contribution in [2.75, 3.05) is 12.4 Å². The van der Waals surface area contributed by atoms with Crippen molar-refractivity contribution in [1.82, 2.24) is 5.16 Å². The summed E-state index contributed by atoms with van der Waals surface area (Å²) in [6, 6.07) is 7.12. The Bertz CT molecular complexity index is 660. The largest absolute Gasteiger partial charge is 0.496 e. The van der Waals surface area contributed by atoms with Gasteiger partial charge in [0, 0.05) is 22.4 Å². The highest BCUT2D eigenvalue weighted by molar-refractivity contribution is 7.99. The van der Waals surface area contributed by atoms with Crippen LogP contribution >= 0.6 is 23.4 Å². The molecule has 1 aromatic carbocycles. The van der Waals surface area contributed by atoms with Crippen LogP contribution in [-0.4, -0.2) is 23.4 Å². The number of benzene rings is 1. The van der Waals surface area contributed by atoms with Gasteiger partial charge in [0.15, 0.2) is 5.82 Å². The van der Waals surface area contributed by atoms with Gasteiger partial charge in [-0.25, -0.2) is 0 Å². The van der Waals surface area contributed by atoms with Gasteiger partial charge in [-0.15, -0.1) is 11.8 Å². The third-order valence-electron chi connectivity index (χ3n) is 2.98. The quantitative estimate of drug-likeness (QED) is 0.863. The molecule has 0 unspecified atom stereocenters. The lowest BCUT2D eigenvalue weighted by Crippen LogP contribution is -2.22. The fourth-order valence-electron chi connectivity index (χ4n) is 1.80. The summed E-state index contributed by atoms with van der Waals surface area (Å²) in [5.41, 5.74) is 0.955. The number of thioether (sulfide) groups is 1. The zero-order chi connectivity index (χ0) is 16.1. The van der Waals surface area contributed by atoms with Crippen LogP contribution < -0.4 is 10.1 Å². The molecule has 1 amide bonds. The lowest BCUT2D eigenvalue weighted by Gasteiger charge is -2.12. The highest BCUT2D eigenvalue weighted by Crippen LogP contribution is 2.28. The van der Waals surface area contributed by atoms with Gasteiger partial charge in [0.2, 0.25) is 5.91 Å². The van der Waals surface area contributed by atoms with E-state index in [4.69, 9.17) is 20.9 Å². The number of anilines is 1. The summed E-state index contributed by atoms with van der Waals surface area (Å²) in [5, 5.41) is 6.85. The second-order valence-corrected chi connectivity index (χ2v) is 6.49. The fraction of sp³-hybridized carbons (Fsp3) is 0.333. The third-order valence-corrected chi connectivity index (χ3v) is 4.41. The molecule has 0 saturated heterocycles. The molecule has 0 aliphatic carbocycles. The van der Waals surface area contributed by atoms with Crippen LogP contribution in [-0.2, 0) is 10.5 Å². The number of aromatic nitrogens is 1. The Hall–Kier alpha value is -1.66. The van der Waals surface area contributed by atoms with Gasteiger partial charge >= 0.3 is 0 Å². The monoisotopic (exact) mass is 340 g/mol. The number of nitrogens with zero attached hydrogens (tertiary/aromatic N) is 1. The molecule has 0 fully saturated rings. The van der Waals surface area contributed by atoms with E-state index in [1.54, 1.807) is 26.2 Å². The number of amides is 1. The first-order valence-electron chi connectivity index (χ1n) is 6.68. The summed E-state index contributed by atoms with van der Waals surface area (Å²) < 4.78 is 10.2. The summed E-state index contributed by atoms with van der Waals surface area (Å²) in [4.78, 5) is 12.1. The molecule has 22 heavy (non-hydrogen) atoms. The van der Waals surface area contributed by atoms with Crippen LogP contribution in [0.25, 0.3) is 0 Å². The summed E-state index contributed by atoms with van der Waals surface area (Å²) in [5.74, 6) is 2.33. The molecule has 1 heterocycles. The molecule has 1 N–H and O–H groups in total. The molecule has 0 aliphatic heterocycles. The Kier molecular flexibility index (Phi) is 5.74. The standard InChI is InChI=1S/C15H17ClN2O3S/c1-9-6-14(18-21-9)17-15(19)10(2)22-8-11-7-12(16)4-5-13(11)20-3/h4-7,10H,8H2,1-3H3,(H,17,18,19)/t10-/m0/s1. The van der Waals surface area contributed by atoms with Gasteiger partial charge < -0.3 is 14.6 Å². The van der Waals surface area contributed by atoms with Crippen molar-refractivity contribution < 1.29 is 14.1 Å². The topological polar surface area (TPSA) is 64.4 Å². The highest BCUT2D eigenvalue weighted by Gasteiger charge is 2.16. The molecule has 0 radical (unpaired) electrons. The van der Waals surface area contributed by atoms with Gasteiger partial charge in [-0.2, -0.15) is 0 Å². The van der Waals surface area contributed by atoms with Crippen LogP contribution in [0.2, 0.25) is 5.02 Å². The van der Waals surface area contributed by atoms with E-state index < -0.39 is 0 Å². The van der Waals surface area contributed by atoms with Crippen LogP contribution in [0.3, 0.4) is 0 Å². The number of carbonyl (C=O) groups is 1. The number of nitrogens with one attached hydrogen (secondary N) is 1. The van der Waals surface area contributed by atoms with E-state index in [1.807, 2.05) is 19.1 Å². The van der Waals surface area contributed by atoms with Crippen LogP contribution in [0.1, 0.15) is 18.2 Å². The van der Waals surface area contributed by atoms with E-state index in [-0.39, 0.29) is 11.2 Å². The Labute approximate surface area is 138 Å². The van der Waals surface area contributed by atoms with Gasteiger partial charge in [0.05, 0.1) is 12.4 Å². The average Bonchev–Trinajstić information content (AvgIpc) is 2.90. The maximum Gasteiger partial charge on any atom is 0.238 e. The number of rotatable bonds is 6. The fourth-order valence-corrected chi connectivity index (χ4v) is 2.86. The first-order valence-corrected chi connectivity index (χ1v) is 8.10. The second kappa shape index (κ2) is 7.56. The number of carbonyl (C=O) groups excluding carboxylic acids is 1. The third kappa shape index (κ3) is 4.42. The van der Waals surface area contributed by atoms with Gasteiger partial charge in [-0.05, 0) is 32.0 Å². The van der Waals surface area contributed by atoms with Crippen LogP contribution in [0, 0.1) is 6.92 Å². The van der Waals surface area contributed by atoms with E-state index in [0.29, 0.717) is 22.4 Å². The Morgan fingerprint density at radius 3 is 2.91 bits per heavy atom. The maximum absolute atomic E-state index is 12.1. The first-order chi connectivity index (χ1) is 10.5. The Morgan fingerprint density at radius 2 is 2.27 bits per heavy atom. The minimum atomic E-state index is -0.249. The number of ether oxygens (including phenoxy) is 1. The van der Waals surface area contributed by atoms with E-state index in [1.165, 1.54) is 11.8 Å². The zero-order valence-corrected chi connectivity index (χ0v) is 14.1. The number of hydrogen-bond acceptors (Lipinski definition) is 5. The van der Waals surface area contributed by atoms with Crippen molar-refractivity contribution in [2.45, 2.75) is 24.9 Å². The molecule has 1 atom stereocenters. The van der Waals surface area contributed by atoms with E-state index >= 15 is 0 Å². The molecule has 7 heteroatoms. The van der Waals surface area contributed by atoms with Crippen LogP contribution in [0.5, 0.6) is 5.75 Å². The lowest BCUT2D eigenvalue weighted by molar-refractivity contribution is -0.115. The predicted octanol–water partition coefficient (Wildman–Crippen LogP) is 3.91. The van der Waals surface area contributed by atoms with Crippen LogP contribution in [0.15, 0.2) is 28.8 Å². The minimum Gasteiger partial charge on any atom is -0.496 e. The van der Waals surface area contributed by atoms with E-state index in [0.717, 1.165) is 11.3 Å². The van der Waals surface area contributed by atoms with E-state index in [2.05, 4.69) is 10.5 Å². The minimum absolute atomic E-state index is 0.126. The Balaban J connectivity index is 1.93. The smallest absolute Gasteiger partial charge is 0.238 e. The summed E-state index contributed by atoms with van der Waals surface area (Å²) in [6.45, 7) is 3.61. The second-order valence-electron chi connectivity index (χ2n) is 4.72. The molecule has 118 valence electrons. The van der Waals surface area contributed by atoms with Gasteiger partial charge in [0.25, 0.3) is 0 Å². The predicted molar refractivity (Wildman–Crippen MR) is 88.6 cm³/mol. The number of methoxy groups -OCH3 is 1. The molecule has 0 bridgehead atoms. The molecule has 2 aromatic rings. The van der Waals surface area contributed by atoms with Crippen LogP contribution in [0.4, 0.5) is 5.82 Å². The van der Waals surface area contributed by atoms with Crippen molar-refractivity contribution in [3.05, 3.63) is 40.6 Å². The Morgan fingerprint density at radius 1 is 1.50 bits per heavy atom. The molecule has 0 aliphatic rings. The number of hydrogen-bond donors (Lipinski definition) is 1. The normalized spacial score (nSPS) is 12.0. The van der Waals surface area contributed by atoms with Crippen molar-refractivity contribution >= 4 is 35.1 Å². The summed E-state index contributed by atoms with van der Waals surface area (Å²) in [6.07, 6.45) is 0. The van der Waals surface area contributed by atoms with Gasteiger partial charge in [-0.1, -0.05) is 16.8 Å². The van der Waals surface area contributed by atoms with E-state index in [9.17, 15) is 4.79 Å². The SMILES string of the molecule is COc1ccc(Cl)cc1CS[C@@H](C)C(=O)Nc1cc(C)on1. The average molecular weight is 341 g/mol. The number of aryl methyl sites for hydroxylation is 1. The molecule has 0 spiro atoms. The van der Waals surface area contributed by atoms with Gasteiger partial charge in [-0.3, -0.25) is 4.79 Å². The van der Waals surface area contributed by atoms with Gasteiger partial charge in [0.1, 0.15) is 11.5 Å². The summed E-state index contributed by atoms with van der Waals surface area (Å²) >= 11 is 7.49. The lowest BCUT2D eigenvalue weighted by atomic mass is 10.2. The first kappa shape index (κ1) is 16.7.